The van der Waals surface area contributed by atoms with Crippen molar-refractivity contribution >= 4 is 0 Å². The van der Waals surface area contributed by atoms with Gasteiger partial charge in [-0.3, -0.25) is 4.90 Å². The molecule has 14 heavy (non-hydrogen) atoms. The lowest BCUT2D eigenvalue weighted by Crippen LogP contribution is -2.57. The van der Waals surface area contributed by atoms with Gasteiger partial charge < -0.3 is 9.47 Å². The second-order valence-electron chi connectivity index (χ2n) is 4.26. The van der Waals surface area contributed by atoms with Gasteiger partial charge in [0.05, 0.1) is 18.8 Å². The summed E-state index contributed by atoms with van der Waals surface area (Å²) < 4.78 is 10.9. The average Bonchev–Trinajstić information content (AvgIpc) is 2.08. The summed E-state index contributed by atoms with van der Waals surface area (Å²) in [4.78, 5) is 2.44. The van der Waals surface area contributed by atoms with E-state index in [0.717, 1.165) is 26.1 Å². The monoisotopic (exact) mass is 201 g/mol. The van der Waals surface area contributed by atoms with Crippen LogP contribution in [0.4, 0.5) is 0 Å². The summed E-state index contributed by atoms with van der Waals surface area (Å²) in [5.41, 5.74) is 0. The standard InChI is InChI=1S/C11H23NO2/c1-5-10(8-14-9(2)3)12-6-11(7-12)13-4/h9-11H,5-8H2,1-4H3. The molecule has 0 saturated carbocycles. The molecule has 3 heteroatoms. The molecule has 1 aliphatic rings. The summed E-state index contributed by atoms with van der Waals surface area (Å²) in [7, 11) is 1.79. The van der Waals surface area contributed by atoms with E-state index in [2.05, 4.69) is 25.7 Å². The first-order valence-electron chi connectivity index (χ1n) is 5.55. The third-order valence-electron chi connectivity index (χ3n) is 2.82. The highest BCUT2D eigenvalue weighted by molar-refractivity contribution is 4.85. The zero-order valence-electron chi connectivity index (χ0n) is 9.82. The molecule has 3 nitrogen and oxygen atoms in total. The third kappa shape index (κ3) is 3.23. The van der Waals surface area contributed by atoms with Crippen molar-refractivity contribution in [2.45, 2.75) is 45.4 Å². The van der Waals surface area contributed by atoms with E-state index < -0.39 is 0 Å². The van der Waals surface area contributed by atoms with Crippen LogP contribution in [0.2, 0.25) is 0 Å². The van der Waals surface area contributed by atoms with Crippen LogP contribution in [0.25, 0.3) is 0 Å². The molecular weight excluding hydrogens is 178 g/mol. The van der Waals surface area contributed by atoms with Crippen molar-refractivity contribution in [1.29, 1.82) is 0 Å². The fourth-order valence-corrected chi connectivity index (χ4v) is 1.70. The van der Waals surface area contributed by atoms with Crippen molar-refractivity contribution in [1.82, 2.24) is 4.90 Å². The molecule has 1 saturated heterocycles. The van der Waals surface area contributed by atoms with Gasteiger partial charge in [0.25, 0.3) is 0 Å². The van der Waals surface area contributed by atoms with E-state index in [-0.39, 0.29) is 0 Å². The van der Waals surface area contributed by atoms with E-state index in [0.29, 0.717) is 18.2 Å². The molecule has 0 N–H and O–H groups in total. The van der Waals surface area contributed by atoms with Gasteiger partial charge in [-0.25, -0.2) is 0 Å². The van der Waals surface area contributed by atoms with Gasteiger partial charge in [-0.1, -0.05) is 6.92 Å². The van der Waals surface area contributed by atoms with E-state index in [9.17, 15) is 0 Å². The van der Waals surface area contributed by atoms with Gasteiger partial charge in [-0.2, -0.15) is 0 Å². The van der Waals surface area contributed by atoms with Crippen LogP contribution in [0, 0.1) is 0 Å². The summed E-state index contributed by atoms with van der Waals surface area (Å²) in [6, 6.07) is 0.573. The maximum Gasteiger partial charge on any atom is 0.0825 e. The molecule has 0 aromatic heterocycles. The Morgan fingerprint density at radius 2 is 2.00 bits per heavy atom. The lowest BCUT2D eigenvalue weighted by Gasteiger charge is -2.43. The summed E-state index contributed by atoms with van der Waals surface area (Å²) >= 11 is 0. The van der Waals surface area contributed by atoms with Gasteiger partial charge in [-0.05, 0) is 20.3 Å². The Labute approximate surface area is 87.4 Å². The maximum atomic E-state index is 5.64. The minimum Gasteiger partial charge on any atom is -0.379 e. The number of rotatable bonds is 6. The van der Waals surface area contributed by atoms with Crippen molar-refractivity contribution in [3.05, 3.63) is 0 Å². The SMILES string of the molecule is CCC(COC(C)C)N1CC(OC)C1. The van der Waals surface area contributed by atoms with E-state index in [1.54, 1.807) is 7.11 Å². The number of methoxy groups -OCH3 is 1. The largest absolute Gasteiger partial charge is 0.379 e. The van der Waals surface area contributed by atoms with Crippen LogP contribution >= 0.6 is 0 Å². The fourth-order valence-electron chi connectivity index (χ4n) is 1.70. The molecule has 0 aromatic rings. The first kappa shape index (κ1) is 12.0. The van der Waals surface area contributed by atoms with Crippen molar-refractivity contribution < 1.29 is 9.47 Å². The molecule has 1 atom stereocenters. The van der Waals surface area contributed by atoms with Crippen molar-refractivity contribution in [3.63, 3.8) is 0 Å². The summed E-state index contributed by atoms with van der Waals surface area (Å²) in [6.07, 6.45) is 1.94. The molecule has 1 heterocycles. The highest BCUT2D eigenvalue weighted by Gasteiger charge is 2.31. The van der Waals surface area contributed by atoms with Crippen LogP contribution in [0.3, 0.4) is 0 Å². The lowest BCUT2D eigenvalue weighted by atomic mass is 10.1. The van der Waals surface area contributed by atoms with Crippen molar-refractivity contribution in [3.8, 4) is 0 Å². The Bertz CT molecular complexity index is 155. The summed E-state index contributed by atoms with van der Waals surface area (Å²) in [5, 5.41) is 0. The molecule has 1 rings (SSSR count). The van der Waals surface area contributed by atoms with Gasteiger partial charge in [0, 0.05) is 26.2 Å². The topological polar surface area (TPSA) is 21.7 Å². The van der Waals surface area contributed by atoms with Crippen LogP contribution in [-0.2, 0) is 9.47 Å². The van der Waals surface area contributed by atoms with E-state index in [1.807, 2.05) is 0 Å². The Morgan fingerprint density at radius 3 is 2.43 bits per heavy atom. The highest BCUT2D eigenvalue weighted by Crippen LogP contribution is 2.17. The zero-order chi connectivity index (χ0) is 10.6. The summed E-state index contributed by atoms with van der Waals surface area (Å²) in [6.45, 7) is 9.37. The quantitative estimate of drug-likeness (QED) is 0.650. The van der Waals surface area contributed by atoms with Crippen LogP contribution in [-0.4, -0.2) is 50.0 Å². The molecule has 0 spiro atoms. The minimum atomic E-state index is 0.337. The van der Waals surface area contributed by atoms with Gasteiger partial charge in [0.15, 0.2) is 0 Å². The molecule has 1 unspecified atom stereocenters. The lowest BCUT2D eigenvalue weighted by molar-refractivity contribution is -0.0741. The number of hydrogen-bond donors (Lipinski definition) is 0. The molecule has 0 amide bonds. The first-order chi connectivity index (χ1) is 6.67. The summed E-state index contributed by atoms with van der Waals surface area (Å²) in [5.74, 6) is 0. The molecule has 84 valence electrons. The van der Waals surface area contributed by atoms with Crippen molar-refractivity contribution in [2.24, 2.45) is 0 Å². The number of likely N-dealkylation sites (tertiary alicyclic amines) is 1. The minimum absolute atomic E-state index is 0.337. The van der Waals surface area contributed by atoms with E-state index in [1.165, 1.54) is 0 Å². The van der Waals surface area contributed by atoms with Crippen LogP contribution in [0.5, 0.6) is 0 Å². The zero-order valence-corrected chi connectivity index (χ0v) is 9.82. The van der Waals surface area contributed by atoms with Crippen LogP contribution < -0.4 is 0 Å². The molecule has 0 aromatic carbocycles. The van der Waals surface area contributed by atoms with Gasteiger partial charge in [-0.15, -0.1) is 0 Å². The number of hydrogen-bond acceptors (Lipinski definition) is 3. The second-order valence-corrected chi connectivity index (χ2v) is 4.26. The molecule has 0 radical (unpaired) electrons. The predicted octanol–water partition coefficient (Wildman–Crippen LogP) is 1.52. The number of ether oxygens (including phenoxy) is 2. The van der Waals surface area contributed by atoms with Crippen molar-refractivity contribution in [2.75, 3.05) is 26.8 Å². The van der Waals surface area contributed by atoms with Crippen LogP contribution in [0.15, 0.2) is 0 Å². The Balaban J connectivity index is 2.19. The van der Waals surface area contributed by atoms with Gasteiger partial charge in [0.1, 0.15) is 0 Å². The Kier molecular flexibility index (Phi) is 4.85. The molecule has 0 aliphatic carbocycles. The fraction of sp³-hybridized carbons (Fsp3) is 1.00. The van der Waals surface area contributed by atoms with E-state index in [4.69, 9.17) is 9.47 Å². The molecule has 1 fully saturated rings. The normalized spacial score (nSPS) is 21.2. The maximum absolute atomic E-state index is 5.64. The second kappa shape index (κ2) is 5.69. The average molecular weight is 201 g/mol. The molecular formula is C11H23NO2. The number of nitrogens with zero attached hydrogens (tertiary/aromatic N) is 1. The smallest absolute Gasteiger partial charge is 0.0825 e. The Hall–Kier alpha value is -0.120. The van der Waals surface area contributed by atoms with Gasteiger partial charge in [0.2, 0.25) is 0 Å². The third-order valence-corrected chi connectivity index (χ3v) is 2.82. The Morgan fingerprint density at radius 1 is 1.36 bits per heavy atom. The first-order valence-corrected chi connectivity index (χ1v) is 5.55. The molecule has 0 bridgehead atoms. The molecule has 1 aliphatic heterocycles. The van der Waals surface area contributed by atoms with Gasteiger partial charge >= 0.3 is 0 Å². The highest BCUT2D eigenvalue weighted by atomic mass is 16.5. The van der Waals surface area contributed by atoms with E-state index >= 15 is 0 Å². The predicted molar refractivity (Wildman–Crippen MR) is 57.5 cm³/mol. The van der Waals surface area contributed by atoms with Crippen LogP contribution in [0.1, 0.15) is 27.2 Å².